The van der Waals surface area contributed by atoms with E-state index in [2.05, 4.69) is 10.1 Å². The second-order valence-corrected chi connectivity index (χ2v) is 4.91. The number of hydrogen-bond donors (Lipinski definition) is 2. The van der Waals surface area contributed by atoms with Gasteiger partial charge in [0.2, 0.25) is 5.91 Å². The van der Waals surface area contributed by atoms with E-state index in [0.717, 1.165) is 0 Å². The number of amides is 1. The highest BCUT2D eigenvalue weighted by molar-refractivity contribution is 6.30. The molecule has 2 rings (SSSR count). The maximum atomic E-state index is 12.2. The lowest BCUT2D eigenvalue weighted by molar-refractivity contribution is -0.123. The van der Waals surface area contributed by atoms with Gasteiger partial charge in [0.1, 0.15) is 5.75 Å². The van der Waals surface area contributed by atoms with E-state index in [4.69, 9.17) is 17.3 Å². The van der Waals surface area contributed by atoms with Crippen molar-refractivity contribution in [1.82, 2.24) is 5.32 Å². The number of hydrogen-bond acceptors (Lipinski definition) is 3. The molecule has 3 N–H and O–H groups in total. The van der Waals surface area contributed by atoms with E-state index in [1.807, 2.05) is 0 Å². The fourth-order valence-electron chi connectivity index (χ4n) is 1.61. The molecule has 1 aromatic carbocycles. The second kappa shape index (κ2) is 6.56. The van der Waals surface area contributed by atoms with Crippen molar-refractivity contribution in [1.29, 1.82) is 0 Å². The molecular formula is C12H14Cl2F2N2O2. The topological polar surface area (TPSA) is 64.4 Å². The van der Waals surface area contributed by atoms with Gasteiger partial charge in [-0.25, -0.2) is 0 Å². The highest BCUT2D eigenvalue weighted by atomic mass is 35.5. The minimum Gasteiger partial charge on any atom is -0.434 e. The first kappa shape index (κ1) is 16.9. The third-order valence-electron chi connectivity index (χ3n) is 2.92. The van der Waals surface area contributed by atoms with Gasteiger partial charge in [-0.05, 0) is 31.0 Å². The highest BCUT2D eigenvalue weighted by Gasteiger charge is 2.45. The van der Waals surface area contributed by atoms with Crippen molar-refractivity contribution >= 4 is 29.9 Å². The van der Waals surface area contributed by atoms with Crippen LogP contribution in [0.3, 0.4) is 0 Å². The van der Waals surface area contributed by atoms with Gasteiger partial charge in [-0.2, -0.15) is 8.78 Å². The van der Waals surface area contributed by atoms with Gasteiger partial charge in [-0.3, -0.25) is 4.79 Å². The lowest BCUT2D eigenvalue weighted by Crippen LogP contribution is -2.42. The third kappa shape index (κ3) is 4.19. The molecule has 0 bridgehead atoms. The minimum atomic E-state index is -2.93. The van der Waals surface area contributed by atoms with Crippen molar-refractivity contribution in [2.75, 3.05) is 0 Å². The molecule has 0 radical (unpaired) electrons. The molecule has 0 aromatic heterocycles. The molecule has 4 nitrogen and oxygen atoms in total. The van der Waals surface area contributed by atoms with Crippen molar-refractivity contribution in [2.45, 2.75) is 31.5 Å². The molecule has 1 amide bonds. The Bertz CT molecular complexity index is 496. The number of nitrogens with one attached hydrogen (secondary N) is 1. The van der Waals surface area contributed by atoms with E-state index in [1.165, 1.54) is 18.2 Å². The summed E-state index contributed by atoms with van der Waals surface area (Å²) in [7, 11) is 0. The van der Waals surface area contributed by atoms with Gasteiger partial charge < -0.3 is 15.8 Å². The molecule has 1 fully saturated rings. The van der Waals surface area contributed by atoms with E-state index >= 15 is 0 Å². The first-order valence-electron chi connectivity index (χ1n) is 5.71. The Kier molecular flexibility index (Phi) is 5.56. The van der Waals surface area contributed by atoms with Crippen molar-refractivity contribution < 1.29 is 18.3 Å². The molecule has 8 heteroatoms. The van der Waals surface area contributed by atoms with Gasteiger partial charge in [0.05, 0.1) is 5.54 Å². The Balaban J connectivity index is 0.00000200. The molecule has 112 valence electrons. The van der Waals surface area contributed by atoms with E-state index in [0.29, 0.717) is 23.4 Å². The lowest BCUT2D eigenvalue weighted by atomic mass is 10.2. The van der Waals surface area contributed by atoms with E-state index in [1.54, 1.807) is 0 Å². The molecule has 20 heavy (non-hydrogen) atoms. The van der Waals surface area contributed by atoms with Crippen LogP contribution in [0.2, 0.25) is 5.02 Å². The van der Waals surface area contributed by atoms with Crippen LogP contribution in [-0.4, -0.2) is 18.1 Å². The van der Waals surface area contributed by atoms with E-state index < -0.39 is 12.2 Å². The monoisotopic (exact) mass is 326 g/mol. The fraction of sp³-hybridized carbons (Fsp3) is 0.417. The number of nitrogens with two attached hydrogens (primary N) is 1. The standard InChI is InChI=1S/C12H13ClF2N2O2.ClH/c13-8-1-2-9(19-11(14)15)7(5-8)6-17-10(18)12(16)3-4-12;/h1-2,5,11H,3-4,6,16H2,(H,17,18);1H. The van der Waals surface area contributed by atoms with Crippen LogP contribution in [0.25, 0.3) is 0 Å². The number of carbonyl (C=O) groups is 1. The summed E-state index contributed by atoms with van der Waals surface area (Å²) < 4.78 is 28.8. The second-order valence-electron chi connectivity index (χ2n) is 4.47. The largest absolute Gasteiger partial charge is 0.434 e. The van der Waals surface area contributed by atoms with Crippen molar-refractivity contribution in [3.05, 3.63) is 28.8 Å². The molecular weight excluding hydrogens is 313 g/mol. The van der Waals surface area contributed by atoms with E-state index in [9.17, 15) is 13.6 Å². The minimum absolute atomic E-state index is 0. The van der Waals surface area contributed by atoms with Crippen LogP contribution in [-0.2, 0) is 11.3 Å². The average Bonchev–Trinajstić information content (AvgIpc) is 3.08. The molecule has 1 saturated carbocycles. The quantitative estimate of drug-likeness (QED) is 0.873. The summed E-state index contributed by atoms with van der Waals surface area (Å²) >= 11 is 5.79. The van der Waals surface area contributed by atoms with Gasteiger partial charge in [-0.15, -0.1) is 12.4 Å². The number of halogens is 4. The molecule has 0 saturated heterocycles. The molecule has 1 aliphatic rings. The van der Waals surface area contributed by atoms with Gasteiger partial charge >= 0.3 is 6.61 Å². The first-order valence-corrected chi connectivity index (χ1v) is 6.09. The summed E-state index contributed by atoms with van der Waals surface area (Å²) in [6, 6.07) is 4.25. The molecule has 0 unspecified atom stereocenters. The third-order valence-corrected chi connectivity index (χ3v) is 3.15. The Hall–Kier alpha value is -1.11. The van der Waals surface area contributed by atoms with Crippen LogP contribution in [0.5, 0.6) is 5.75 Å². The summed E-state index contributed by atoms with van der Waals surface area (Å²) in [5.41, 5.74) is 5.29. The lowest BCUT2D eigenvalue weighted by Gasteiger charge is -2.14. The zero-order chi connectivity index (χ0) is 14.0. The molecule has 0 spiro atoms. The van der Waals surface area contributed by atoms with Crippen molar-refractivity contribution in [3.63, 3.8) is 0 Å². The summed E-state index contributed by atoms with van der Waals surface area (Å²) in [4.78, 5) is 11.7. The Labute approximate surface area is 126 Å². The van der Waals surface area contributed by atoms with Gasteiger partial charge in [-0.1, -0.05) is 11.6 Å². The summed E-state index contributed by atoms with van der Waals surface area (Å²) in [6.07, 6.45) is 1.27. The summed E-state index contributed by atoms with van der Waals surface area (Å²) in [6.45, 7) is -2.89. The van der Waals surface area contributed by atoms with Crippen LogP contribution in [0.1, 0.15) is 18.4 Å². The first-order chi connectivity index (χ1) is 8.90. The zero-order valence-corrected chi connectivity index (χ0v) is 11.9. The summed E-state index contributed by atoms with van der Waals surface area (Å²) in [5, 5.41) is 2.97. The van der Waals surface area contributed by atoms with Crippen LogP contribution in [0, 0.1) is 0 Å². The Morgan fingerprint density at radius 2 is 2.15 bits per heavy atom. The van der Waals surface area contributed by atoms with Gasteiger partial charge in [0, 0.05) is 17.1 Å². The zero-order valence-electron chi connectivity index (χ0n) is 10.4. The summed E-state index contributed by atoms with van der Waals surface area (Å²) in [5.74, 6) is -0.308. The van der Waals surface area contributed by atoms with Crippen molar-refractivity contribution in [2.24, 2.45) is 5.73 Å². The predicted molar refractivity (Wildman–Crippen MR) is 73.3 cm³/mol. The molecule has 0 atom stereocenters. The Morgan fingerprint density at radius 1 is 1.50 bits per heavy atom. The van der Waals surface area contributed by atoms with Crippen LogP contribution >= 0.6 is 24.0 Å². The van der Waals surface area contributed by atoms with Crippen molar-refractivity contribution in [3.8, 4) is 5.75 Å². The van der Waals surface area contributed by atoms with Crippen LogP contribution in [0.4, 0.5) is 8.78 Å². The maximum absolute atomic E-state index is 12.2. The Morgan fingerprint density at radius 3 is 2.70 bits per heavy atom. The SMILES string of the molecule is Cl.NC1(C(=O)NCc2cc(Cl)ccc2OC(F)F)CC1. The molecule has 0 aliphatic heterocycles. The van der Waals surface area contributed by atoms with Crippen LogP contribution in [0.15, 0.2) is 18.2 Å². The smallest absolute Gasteiger partial charge is 0.387 e. The molecule has 1 aromatic rings. The highest BCUT2D eigenvalue weighted by Crippen LogP contribution is 2.32. The average molecular weight is 327 g/mol. The molecule has 0 heterocycles. The number of ether oxygens (including phenoxy) is 1. The normalized spacial score (nSPS) is 15.4. The number of carbonyl (C=O) groups excluding carboxylic acids is 1. The van der Waals surface area contributed by atoms with Crippen LogP contribution < -0.4 is 15.8 Å². The van der Waals surface area contributed by atoms with Gasteiger partial charge in [0.15, 0.2) is 0 Å². The fourth-order valence-corrected chi connectivity index (χ4v) is 1.81. The number of rotatable bonds is 5. The maximum Gasteiger partial charge on any atom is 0.387 e. The van der Waals surface area contributed by atoms with E-state index in [-0.39, 0.29) is 30.6 Å². The number of alkyl halides is 2. The van der Waals surface area contributed by atoms with Gasteiger partial charge in [0.25, 0.3) is 0 Å². The number of benzene rings is 1. The molecule has 1 aliphatic carbocycles. The predicted octanol–water partition coefficient (Wildman–Crippen LogP) is 2.47.